The quantitative estimate of drug-likeness (QED) is 0.571. The number of hydrogen-bond acceptors (Lipinski definition) is 6. The SMILES string of the molecule is CCc1ccccc1NC(=O)CN1CCN(C(=O)/C=C/c2cc(OC)c(OC)c(OC)c2)CC1. The number of benzene rings is 2. The Balaban J connectivity index is 1.53. The number of nitrogens with one attached hydrogen (secondary N) is 1. The fourth-order valence-corrected chi connectivity index (χ4v) is 3.94. The third kappa shape index (κ3) is 6.29. The van der Waals surface area contributed by atoms with Crippen LogP contribution in [0.25, 0.3) is 6.08 Å². The van der Waals surface area contributed by atoms with E-state index in [2.05, 4.69) is 17.1 Å². The van der Waals surface area contributed by atoms with Gasteiger partial charge in [0, 0.05) is 37.9 Å². The van der Waals surface area contributed by atoms with Crippen LogP contribution in [0.4, 0.5) is 5.69 Å². The lowest BCUT2D eigenvalue weighted by atomic mass is 10.1. The first-order chi connectivity index (χ1) is 16.5. The summed E-state index contributed by atoms with van der Waals surface area (Å²) in [6, 6.07) is 11.4. The molecule has 1 saturated heterocycles. The van der Waals surface area contributed by atoms with Crippen molar-refractivity contribution in [3.8, 4) is 17.2 Å². The van der Waals surface area contributed by atoms with Gasteiger partial charge in [-0.15, -0.1) is 0 Å². The summed E-state index contributed by atoms with van der Waals surface area (Å²) in [4.78, 5) is 29.1. The second-order valence-electron chi connectivity index (χ2n) is 7.95. The van der Waals surface area contributed by atoms with Crippen molar-refractivity contribution in [2.75, 3.05) is 59.4 Å². The van der Waals surface area contributed by atoms with Crippen molar-refractivity contribution in [1.29, 1.82) is 0 Å². The third-order valence-electron chi connectivity index (χ3n) is 5.83. The van der Waals surface area contributed by atoms with E-state index in [4.69, 9.17) is 14.2 Å². The molecule has 34 heavy (non-hydrogen) atoms. The third-order valence-corrected chi connectivity index (χ3v) is 5.83. The lowest BCUT2D eigenvalue weighted by Gasteiger charge is -2.33. The van der Waals surface area contributed by atoms with Crippen molar-refractivity contribution < 1.29 is 23.8 Å². The summed E-state index contributed by atoms with van der Waals surface area (Å²) in [5.41, 5.74) is 2.75. The highest BCUT2D eigenvalue weighted by Crippen LogP contribution is 2.38. The molecule has 1 aliphatic rings. The Kier molecular flexibility index (Phi) is 8.93. The minimum atomic E-state index is -0.0743. The highest BCUT2D eigenvalue weighted by molar-refractivity contribution is 5.93. The predicted molar refractivity (Wildman–Crippen MR) is 133 cm³/mol. The zero-order chi connectivity index (χ0) is 24.5. The average Bonchev–Trinajstić information content (AvgIpc) is 2.87. The molecule has 2 amide bonds. The highest BCUT2D eigenvalue weighted by atomic mass is 16.5. The van der Waals surface area contributed by atoms with Crippen LogP contribution in [0, 0.1) is 0 Å². The van der Waals surface area contributed by atoms with Gasteiger partial charge in [-0.2, -0.15) is 0 Å². The van der Waals surface area contributed by atoms with Crippen LogP contribution in [-0.4, -0.2) is 75.7 Å². The number of amides is 2. The van der Waals surface area contributed by atoms with Crippen LogP contribution in [0.15, 0.2) is 42.5 Å². The van der Waals surface area contributed by atoms with Gasteiger partial charge in [0.2, 0.25) is 17.6 Å². The minimum absolute atomic E-state index is 0.0389. The van der Waals surface area contributed by atoms with Gasteiger partial charge in [0.1, 0.15) is 0 Å². The molecule has 0 atom stereocenters. The Bertz CT molecular complexity index is 1000. The molecule has 0 spiro atoms. The van der Waals surface area contributed by atoms with E-state index in [-0.39, 0.29) is 11.8 Å². The number of carbonyl (C=O) groups excluding carboxylic acids is 2. The normalized spacial score (nSPS) is 14.2. The number of rotatable bonds is 9. The van der Waals surface area contributed by atoms with E-state index < -0.39 is 0 Å². The van der Waals surface area contributed by atoms with E-state index in [1.165, 1.54) is 0 Å². The van der Waals surface area contributed by atoms with Crippen molar-refractivity contribution in [2.24, 2.45) is 0 Å². The van der Waals surface area contributed by atoms with Crippen molar-refractivity contribution in [3.63, 3.8) is 0 Å². The molecule has 2 aromatic rings. The fraction of sp³-hybridized carbons (Fsp3) is 0.385. The number of para-hydroxylation sites is 1. The number of nitrogens with zero attached hydrogens (tertiary/aromatic N) is 2. The number of methoxy groups -OCH3 is 3. The Morgan fingerprint density at radius 1 is 0.971 bits per heavy atom. The first-order valence-electron chi connectivity index (χ1n) is 11.4. The summed E-state index contributed by atoms with van der Waals surface area (Å²) >= 11 is 0. The largest absolute Gasteiger partial charge is 0.493 e. The van der Waals surface area contributed by atoms with Crippen molar-refractivity contribution >= 4 is 23.6 Å². The molecule has 0 radical (unpaired) electrons. The van der Waals surface area contributed by atoms with Gasteiger partial charge in [-0.05, 0) is 41.8 Å². The van der Waals surface area contributed by atoms with Crippen LogP contribution >= 0.6 is 0 Å². The van der Waals surface area contributed by atoms with E-state index in [0.717, 1.165) is 23.2 Å². The molecule has 182 valence electrons. The van der Waals surface area contributed by atoms with Gasteiger partial charge in [0.15, 0.2) is 11.5 Å². The molecule has 0 aliphatic carbocycles. The molecule has 2 aromatic carbocycles. The monoisotopic (exact) mass is 467 g/mol. The second-order valence-corrected chi connectivity index (χ2v) is 7.95. The maximum Gasteiger partial charge on any atom is 0.246 e. The van der Waals surface area contributed by atoms with Crippen LogP contribution < -0.4 is 19.5 Å². The summed E-state index contributed by atoms with van der Waals surface area (Å²) in [6.45, 7) is 4.80. The first kappa shape index (κ1) is 25.1. The number of ether oxygens (including phenoxy) is 3. The number of carbonyl (C=O) groups is 2. The predicted octanol–water partition coefficient (Wildman–Crippen LogP) is 3.07. The Labute approximate surface area is 201 Å². The standard InChI is InChI=1S/C26H33N3O5/c1-5-20-8-6-7-9-21(20)27-24(30)18-28-12-14-29(15-13-28)25(31)11-10-19-16-22(32-2)26(34-4)23(17-19)33-3/h6-11,16-17H,5,12-15,18H2,1-4H3,(H,27,30)/b11-10+. The van der Waals surface area contributed by atoms with Crippen LogP contribution in [-0.2, 0) is 16.0 Å². The number of aryl methyl sites for hydroxylation is 1. The Morgan fingerprint density at radius 3 is 2.21 bits per heavy atom. The molecule has 0 bridgehead atoms. The molecular weight excluding hydrogens is 434 g/mol. The maximum atomic E-state index is 12.7. The average molecular weight is 468 g/mol. The van der Waals surface area contributed by atoms with Gasteiger partial charge >= 0.3 is 0 Å². The number of anilines is 1. The molecule has 1 heterocycles. The van der Waals surface area contributed by atoms with Crippen molar-refractivity contribution in [3.05, 3.63) is 53.6 Å². The molecule has 1 fully saturated rings. The van der Waals surface area contributed by atoms with Crippen molar-refractivity contribution in [1.82, 2.24) is 9.80 Å². The van der Waals surface area contributed by atoms with Gasteiger partial charge in [-0.3, -0.25) is 14.5 Å². The first-order valence-corrected chi connectivity index (χ1v) is 11.4. The topological polar surface area (TPSA) is 80.3 Å². The Morgan fingerprint density at radius 2 is 1.62 bits per heavy atom. The molecule has 8 nitrogen and oxygen atoms in total. The van der Waals surface area contributed by atoms with E-state index in [1.807, 2.05) is 24.3 Å². The zero-order valence-electron chi connectivity index (χ0n) is 20.3. The molecule has 0 saturated carbocycles. The molecule has 0 aromatic heterocycles. The summed E-state index contributed by atoms with van der Waals surface area (Å²) < 4.78 is 16.1. The highest BCUT2D eigenvalue weighted by Gasteiger charge is 2.21. The van der Waals surface area contributed by atoms with Crippen molar-refractivity contribution in [2.45, 2.75) is 13.3 Å². The molecule has 1 aliphatic heterocycles. The van der Waals surface area contributed by atoms with E-state index >= 15 is 0 Å². The zero-order valence-corrected chi connectivity index (χ0v) is 20.3. The summed E-state index contributed by atoms with van der Waals surface area (Å²) in [5, 5.41) is 3.01. The van der Waals surface area contributed by atoms with Gasteiger partial charge in [0.25, 0.3) is 0 Å². The Hall–Kier alpha value is -3.52. The fourth-order valence-electron chi connectivity index (χ4n) is 3.94. The summed E-state index contributed by atoms with van der Waals surface area (Å²) in [5.74, 6) is 1.45. The van der Waals surface area contributed by atoms with E-state index in [0.29, 0.717) is 50.0 Å². The van der Waals surface area contributed by atoms with E-state index in [1.54, 1.807) is 50.5 Å². The number of hydrogen-bond donors (Lipinski definition) is 1. The maximum absolute atomic E-state index is 12.7. The van der Waals surface area contributed by atoms with Crippen LogP contribution in [0.3, 0.4) is 0 Å². The summed E-state index contributed by atoms with van der Waals surface area (Å²) in [7, 11) is 4.66. The van der Waals surface area contributed by atoms with Gasteiger partial charge in [-0.1, -0.05) is 25.1 Å². The summed E-state index contributed by atoms with van der Waals surface area (Å²) in [6.07, 6.45) is 4.14. The van der Waals surface area contributed by atoms with Gasteiger partial charge in [-0.25, -0.2) is 0 Å². The lowest BCUT2D eigenvalue weighted by molar-refractivity contribution is -0.127. The second kappa shape index (κ2) is 12.1. The molecular formula is C26H33N3O5. The van der Waals surface area contributed by atoms with Crippen LogP contribution in [0.1, 0.15) is 18.1 Å². The van der Waals surface area contributed by atoms with Crippen LogP contribution in [0.5, 0.6) is 17.2 Å². The smallest absolute Gasteiger partial charge is 0.246 e. The van der Waals surface area contributed by atoms with E-state index in [9.17, 15) is 9.59 Å². The molecule has 8 heteroatoms. The van der Waals surface area contributed by atoms with Gasteiger partial charge in [0.05, 0.1) is 27.9 Å². The molecule has 0 unspecified atom stereocenters. The van der Waals surface area contributed by atoms with Crippen LogP contribution in [0.2, 0.25) is 0 Å². The molecule has 1 N–H and O–H groups in total. The number of piperazine rings is 1. The van der Waals surface area contributed by atoms with Gasteiger partial charge < -0.3 is 24.4 Å². The lowest BCUT2D eigenvalue weighted by Crippen LogP contribution is -2.50. The minimum Gasteiger partial charge on any atom is -0.493 e. The molecule has 3 rings (SSSR count).